The second-order valence-electron chi connectivity index (χ2n) is 8.82. The number of nitrogens with zero attached hydrogens (tertiary/aromatic N) is 3. The molecule has 0 N–H and O–H groups in total. The topological polar surface area (TPSA) is 54.3 Å². The van der Waals surface area contributed by atoms with Gasteiger partial charge in [-0.1, -0.05) is 84.4 Å². The number of carbonyl (C=O) groups excluding carboxylic acids is 1. The lowest BCUT2D eigenvalue weighted by Gasteiger charge is -2.24. The second-order valence-corrected chi connectivity index (χ2v) is 9.26. The third-order valence-electron chi connectivity index (χ3n) is 6.37. The summed E-state index contributed by atoms with van der Waals surface area (Å²) in [5.41, 5.74) is 6.16. The van der Waals surface area contributed by atoms with Gasteiger partial charge in [0.25, 0.3) is 0 Å². The molecule has 0 saturated carbocycles. The van der Waals surface area contributed by atoms with Gasteiger partial charge in [-0.05, 0) is 59.2 Å². The smallest absolute Gasteiger partial charge is 0.363 e. The van der Waals surface area contributed by atoms with Crippen molar-refractivity contribution in [2.24, 2.45) is 10.1 Å². The average Bonchev–Trinajstić information content (AvgIpc) is 3.55. The van der Waals surface area contributed by atoms with Crippen LogP contribution in [0.5, 0.6) is 0 Å². The van der Waals surface area contributed by atoms with Gasteiger partial charge in [0.2, 0.25) is 5.90 Å². The molecule has 1 atom stereocenters. The molecular weight excluding hydrogens is 482 g/mol. The van der Waals surface area contributed by atoms with Gasteiger partial charge in [-0.25, -0.2) is 9.79 Å². The molecule has 0 radical (unpaired) electrons. The molecule has 2 aliphatic heterocycles. The molecule has 2 aliphatic rings. The number of rotatable bonds is 5. The van der Waals surface area contributed by atoms with Gasteiger partial charge >= 0.3 is 5.97 Å². The van der Waals surface area contributed by atoms with Gasteiger partial charge in [-0.15, -0.1) is 0 Å². The molecule has 2 heterocycles. The summed E-state index contributed by atoms with van der Waals surface area (Å²) in [7, 11) is 0. The van der Waals surface area contributed by atoms with Crippen LogP contribution in [0.15, 0.2) is 125 Å². The van der Waals surface area contributed by atoms with E-state index in [1.54, 1.807) is 30.3 Å². The number of aliphatic imine (C=N–C) groups is 1. The fourth-order valence-corrected chi connectivity index (χ4v) is 4.62. The Labute approximate surface area is 220 Å². The van der Waals surface area contributed by atoms with Crippen LogP contribution in [-0.4, -0.2) is 17.6 Å². The van der Waals surface area contributed by atoms with Crippen molar-refractivity contribution in [3.05, 3.63) is 142 Å². The van der Waals surface area contributed by atoms with Crippen LogP contribution in [-0.2, 0) is 9.53 Å². The zero-order chi connectivity index (χ0) is 25.2. The van der Waals surface area contributed by atoms with Gasteiger partial charge < -0.3 is 4.74 Å². The molecule has 4 aromatic carbocycles. The molecule has 0 aliphatic carbocycles. The molecule has 180 valence electrons. The first-order chi connectivity index (χ1) is 18.1. The molecule has 0 bridgehead atoms. The van der Waals surface area contributed by atoms with Gasteiger partial charge in [0.1, 0.15) is 0 Å². The number of hydrazone groups is 1. The van der Waals surface area contributed by atoms with Gasteiger partial charge in [-0.2, -0.15) is 5.10 Å². The number of cyclic esters (lactones) is 1. The minimum atomic E-state index is -0.477. The van der Waals surface area contributed by atoms with Crippen molar-refractivity contribution in [1.82, 2.24) is 0 Å². The van der Waals surface area contributed by atoms with Crippen molar-refractivity contribution in [3.63, 3.8) is 0 Å². The van der Waals surface area contributed by atoms with Gasteiger partial charge in [0.15, 0.2) is 5.70 Å². The first-order valence-corrected chi connectivity index (χ1v) is 12.4. The number of hydrogen-bond donors (Lipinski definition) is 0. The van der Waals surface area contributed by atoms with Crippen LogP contribution in [0.4, 0.5) is 5.69 Å². The summed E-state index contributed by atoms with van der Waals surface area (Å²) in [4.78, 5) is 16.8. The standard InChI is InChI=1S/C31H22ClN3O2/c32-25-15-13-24(14-16-25)30-33-28(31(36)37-30)19-21-11-17-26(18-12-21)35-29(23-9-5-2-6-10-23)20-27(34-35)22-7-3-1-4-8-22/h1-19,29H,20H2/b28-19+. The Kier molecular flexibility index (Phi) is 6.13. The summed E-state index contributed by atoms with van der Waals surface area (Å²) in [5.74, 6) is -0.204. The maximum atomic E-state index is 12.4. The number of halogens is 1. The highest BCUT2D eigenvalue weighted by Gasteiger charge is 2.30. The van der Waals surface area contributed by atoms with Crippen LogP contribution in [0.3, 0.4) is 0 Å². The Bertz CT molecular complexity index is 1530. The largest absolute Gasteiger partial charge is 0.402 e. The highest BCUT2D eigenvalue weighted by atomic mass is 35.5. The molecule has 0 saturated heterocycles. The van der Waals surface area contributed by atoms with Crippen LogP contribution >= 0.6 is 11.6 Å². The molecule has 1 unspecified atom stereocenters. The zero-order valence-electron chi connectivity index (χ0n) is 19.8. The minimum absolute atomic E-state index is 0.0944. The molecule has 0 aromatic heterocycles. The first-order valence-electron chi connectivity index (χ1n) is 12.0. The first kappa shape index (κ1) is 23.0. The quantitative estimate of drug-likeness (QED) is 0.217. The number of ether oxygens (including phenoxy) is 1. The highest BCUT2D eigenvalue weighted by Crippen LogP contribution is 2.37. The van der Waals surface area contributed by atoms with E-state index in [0.717, 1.165) is 28.9 Å². The van der Waals surface area contributed by atoms with Crippen molar-refractivity contribution in [1.29, 1.82) is 0 Å². The third-order valence-corrected chi connectivity index (χ3v) is 6.63. The Morgan fingerprint density at radius 2 is 1.49 bits per heavy atom. The monoisotopic (exact) mass is 503 g/mol. The molecule has 0 spiro atoms. The van der Waals surface area contributed by atoms with Crippen LogP contribution < -0.4 is 5.01 Å². The number of hydrogen-bond acceptors (Lipinski definition) is 5. The van der Waals surface area contributed by atoms with Crippen molar-refractivity contribution < 1.29 is 9.53 Å². The van der Waals surface area contributed by atoms with Crippen LogP contribution in [0.2, 0.25) is 5.02 Å². The van der Waals surface area contributed by atoms with Gasteiger partial charge in [0.05, 0.1) is 17.4 Å². The van der Waals surface area contributed by atoms with Crippen LogP contribution in [0.1, 0.15) is 34.7 Å². The van der Waals surface area contributed by atoms with Gasteiger partial charge in [-0.3, -0.25) is 5.01 Å². The normalized spacial score (nSPS) is 18.1. The summed E-state index contributed by atoms with van der Waals surface area (Å²) in [6.07, 6.45) is 2.54. The highest BCUT2D eigenvalue weighted by molar-refractivity contribution is 6.30. The Morgan fingerprint density at radius 1 is 0.811 bits per heavy atom. The van der Waals surface area contributed by atoms with E-state index >= 15 is 0 Å². The third kappa shape index (κ3) is 4.82. The molecule has 4 aromatic rings. The lowest BCUT2D eigenvalue weighted by atomic mass is 9.98. The molecule has 6 heteroatoms. The summed E-state index contributed by atoms with van der Waals surface area (Å²) in [6.45, 7) is 0. The van der Waals surface area contributed by atoms with E-state index in [2.05, 4.69) is 46.4 Å². The summed E-state index contributed by atoms with van der Waals surface area (Å²) in [5, 5.41) is 7.70. The second kappa shape index (κ2) is 9.88. The molecule has 0 amide bonds. The fraction of sp³-hybridized carbons (Fsp3) is 0.0645. The van der Waals surface area contributed by atoms with E-state index in [0.29, 0.717) is 10.6 Å². The van der Waals surface area contributed by atoms with Crippen molar-refractivity contribution in [2.75, 3.05) is 5.01 Å². The Morgan fingerprint density at radius 3 is 2.19 bits per heavy atom. The van der Waals surface area contributed by atoms with Gasteiger partial charge in [0, 0.05) is 17.0 Å². The van der Waals surface area contributed by atoms with E-state index in [4.69, 9.17) is 21.4 Å². The van der Waals surface area contributed by atoms with Crippen LogP contribution in [0, 0.1) is 0 Å². The average molecular weight is 504 g/mol. The lowest BCUT2D eigenvalue weighted by Crippen LogP contribution is -2.18. The summed E-state index contributed by atoms with van der Waals surface area (Å²) < 4.78 is 5.37. The zero-order valence-corrected chi connectivity index (χ0v) is 20.5. The lowest BCUT2D eigenvalue weighted by molar-refractivity contribution is -0.129. The van der Waals surface area contributed by atoms with E-state index < -0.39 is 5.97 Å². The molecule has 37 heavy (non-hydrogen) atoms. The van der Waals surface area contributed by atoms with E-state index in [9.17, 15) is 4.79 Å². The number of carbonyl (C=O) groups is 1. The Hall–Kier alpha value is -4.48. The minimum Gasteiger partial charge on any atom is -0.402 e. The molecular formula is C31H22ClN3O2. The maximum absolute atomic E-state index is 12.4. The molecule has 5 nitrogen and oxygen atoms in total. The molecule has 6 rings (SSSR count). The number of esters is 1. The van der Waals surface area contributed by atoms with Crippen molar-refractivity contribution in [3.8, 4) is 0 Å². The molecule has 0 fully saturated rings. The number of benzene rings is 4. The fourth-order valence-electron chi connectivity index (χ4n) is 4.49. The predicted octanol–water partition coefficient (Wildman–Crippen LogP) is 7.04. The van der Waals surface area contributed by atoms with E-state index in [1.165, 1.54) is 5.56 Å². The SMILES string of the molecule is O=C1OC(c2ccc(Cl)cc2)=N/C1=C/c1ccc(N2N=C(c3ccccc3)CC2c2ccccc2)cc1. The van der Waals surface area contributed by atoms with Crippen molar-refractivity contribution >= 4 is 40.9 Å². The van der Waals surface area contributed by atoms with Crippen LogP contribution in [0.25, 0.3) is 6.08 Å². The van der Waals surface area contributed by atoms with E-state index in [1.807, 2.05) is 48.5 Å². The predicted molar refractivity (Wildman–Crippen MR) is 148 cm³/mol. The summed E-state index contributed by atoms with van der Waals surface area (Å²) >= 11 is 5.96. The maximum Gasteiger partial charge on any atom is 0.363 e. The Balaban J connectivity index is 1.28. The number of anilines is 1. The summed E-state index contributed by atoms with van der Waals surface area (Å²) in [6, 6.07) is 35.8. The van der Waals surface area contributed by atoms with Crippen molar-refractivity contribution in [2.45, 2.75) is 12.5 Å². The van der Waals surface area contributed by atoms with E-state index in [-0.39, 0.29) is 17.6 Å².